The first-order chi connectivity index (χ1) is 9.37. The lowest BCUT2D eigenvalue weighted by Crippen LogP contribution is -2.17. The molecular formula is C11H7BrF3NO4. The average molecular weight is 354 g/mol. The molecule has 1 aromatic carbocycles. The summed E-state index contributed by atoms with van der Waals surface area (Å²) >= 11 is 2.94. The lowest BCUT2D eigenvalue weighted by atomic mass is 10.3. The molecule has 1 N–H and O–H groups in total. The number of aromatic nitrogens is 1. The summed E-state index contributed by atoms with van der Waals surface area (Å²) in [5, 5.41) is 8.80. The molecule has 108 valence electrons. The molecule has 0 unspecified atom stereocenters. The predicted molar refractivity (Wildman–Crippen MR) is 63.3 cm³/mol. The van der Waals surface area contributed by atoms with Gasteiger partial charge in [-0.05, 0) is 34.1 Å². The molecular weight excluding hydrogens is 347 g/mol. The fraction of sp³-hybridized carbons (Fsp3) is 0.182. The van der Waals surface area contributed by atoms with E-state index in [0.29, 0.717) is 0 Å². The zero-order valence-electron chi connectivity index (χ0n) is 9.65. The molecule has 0 atom stereocenters. The van der Waals surface area contributed by atoms with Crippen molar-refractivity contribution in [2.75, 3.05) is 0 Å². The third-order valence-corrected chi connectivity index (χ3v) is 2.65. The molecule has 1 heterocycles. The van der Waals surface area contributed by atoms with E-state index in [0.717, 1.165) is 6.07 Å². The summed E-state index contributed by atoms with van der Waals surface area (Å²) in [5.74, 6) is -0.203. The van der Waals surface area contributed by atoms with E-state index in [1.807, 2.05) is 0 Å². The van der Waals surface area contributed by atoms with E-state index in [2.05, 4.69) is 25.7 Å². The topological polar surface area (TPSA) is 64.7 Å². The number of aliphatic hydroxyl groups excluding tert-OH is 1. The first-order valence-corrected chi connectivity index (χ1v) is 5.95. The van der Waals surface area contributed by atoms with Gasteiger partial charge in [-0.25, -0.2) is 0 Å². The predicted octanol–water partition coefficient (Wildman–Crippen LogP) is 3.62. The van der Waals surface area contributed by atoms with Crippen LogP contribution in [-0.2, 0) is 6.61 Å². The molecule has 0 radical (unpaired) electrons. The molecule has 0 amide bonds. The van der Waals surface area contributed by atoms with Crippen LogP contribution in [0, 0.1) is 0 Å². The number of ether oxygens (including phenoxy) is 2. The van der Waals surface area contributed by atoms with Crippen LogP contribution in [-0.4, -0.2) is 16.5 Å². The third kappa shape index (κ3) is 3.87. The van der Waals surface area contributed by atoms with Gasteiger partial charge in [0.05, 0.1) is 11.1 Å². The number of halogens is 4. The lowest BCUT2D eigenvalue weighted by molar-refractivity contribution is -0.274. The number of nitrogens with zero attached hydrogens (tertiary/aromatic N) is 1. The van der Waals surface area contributed by atoms with Crippen molar-refractivity contribution < 1.29 is 32.2 Å². The third-order valence-electron chi connectivity index (χ3n) is 2.03. The minimum absolute atomic E-state index is 0.0567. The van der Waals surface area contributed by atoms with E-state index in [4.69, 9.17) is 14.3 Å². The number of rotatable bonds is 4. The Morgan fingerprint density at radius 3 is 2.65 bits per heavy atom. The Balaban J connectivity index is 2.12. The van der Waals surface area contributed by atoms with Crippen LogP contribution in [0.4, 0.5) is 13.2 Å². The second-order valence-corrected chi connectivity index (χ2v) is 4.36. The smallest absolute Gasteiger partial charge is 0.417 e. The quantitative estimate of drug-likeness (QED) is 0.909. The summed E-state index contributed by atoms with van der Waals surface area (Å²) in [6, 6.07) is 3.61. The van der Waals surface area contributed by atoms with Gasteiger partial charge in [-0.2, -0.15) is 4.98 Å². The highest BCUT2D eigenvalue weighted by Crippen LogP contribution is 2.34. The molecule has 0 aliphatic carbocycles. The summed E-state index contributed by atoms with van der Waals surface area (Å²) in [5.41, 5.74) is 0.274. The van der Waals surface area contributed by atoms with Crippen LogP contribution in [0.1, 0.15) is 5.69 Å². The Hall–Kier alpha value is -1.74. The van der Waals surface area contributed by atoms with Crippen molar-refractivity contribution >= 4 is 15.9 Å². The molecule has 0 saturated heterocycles. The second-order valence-electron chi connectivity index (χ2n) is 3.50. The number of benzene rings is 1. The van der Waals surface area contributed by atoms with Crippen molar-refractivity contribution in [2.45, 2.75) is 13.0 Å². The highest BCUT2D eigenvalue weighted by molar-refractivity contribution is 9.10. The first-order valence-electron chi connectivity index (χ1n) is 5.16. The van der Waals surface area contributed by atoms with Gasteiger partial charge in [0.25, 0.3) is 0 Å². The van der Waals surface area contributed by atoms with Gasteiger partial charge in [-0.3, -0.25) is 0 Å². The van der Waals surface area contributed by atoms with Crippen molar-refractivity contribution in [3.63, 3.8) is 0 Å². The Labute approximate surface area is 119 Å². The largest absolute Gasteiger partial charge is 0.573 e. The summed E-state index contributed by atoms with van der Waals surface area (Å²) in [6.45, 7) is -0.311. The number of alkyl halides is 3. The van der Waals surface area contributed by atoms with Gasteiger partial charge in [-0.15, -0.1) is 13.2 Å². The van der Waals surface area contributed by atoms with E-state index in [1.54, 1.807) is 0 Å². The highest BCUT2D eigenvalue weighted by Gasteiger charge is 2.32. The van der Waals surface area contributed by atoms with Gasteiger partial charge in [-0.1, -0.05) is 0 Å². The van der Waals surface area contributed by atoms with Gasteiger partial charge >= 0.3 is 12.4 Å². The first kappa shape index (κ1) is 14.7. The molecule has 0 fully saturated rings. The van der Waals surface area contributed by atoms with Crippen LogP contribution in [0.5, 0.6) is 17.6 Å². The molecule has 0 aliphatic rings. The molecule has 0 bridgehead atoms. The maximum Gasteiger partial charge on any atom is 0.573 e. The number of oxazole rings is 1. The van der Waals surface area contributed by atoms with Crippen molar-refractivity contribution in [1.82, 2.24) is 4.98 Å². The van der Waals surface area contributed by atoms with E-state index >= 15 is 0 Å². The van der Waals surface area contributed by atoms with Crippen molar-refractivity contribution in [1.29, 1.82) is 0 Å². The fourth-order valence-electron chi connectivity index (χ4n) is 1.26. The molecule has 1 aromatic heterocycles. The van der Waals surface area contributed by atoms with Crippen LogP contribution < -0.4 is 9.47 Å². The van der Waals surface area contributed by atoms with Crippen LogP contribution >= 0.6 is 15.9 Å². The maximum atomic E-state index is 12.1. The standard InChI is InChI=1S/C11H7BrF3NO4/c12-8-3-7(1-2-9(8)20-11(13,14)15)19-10-16-6(4-17)5-18-10/h1-3,5,17H,4H2. The molecule has 9 heteroatoms. The molecule has 20 heavy (non-hydrogen) atoms. The van der Waals surface area contributed by atoms with Crippen molar-refractivity contribution in [3.8, 4) is 17.6 Å². The molecule has 5 nitrogen and oxygen atoms in total. The van der Waals surface area contributed by atoms with E-state index in [1.165, 1.54) is 18.4 Å². The van der Waals surface area contributed by atoms with E-state index < -0.39 is 12.1 Å². The zero-order chi connectivity index (χ0) is 14.8. The Morgan fingerprint density at radius 2 is 2.10 bits per heavy atom. The van der Waals surface area contributed by atoms with Crippen molar-refractivity contribution in [2.24, 2.45) is 0 Å². The van der Waals surface area contributed by atoms with Crippen LogP contribution in [0.15, 0.2) is 33.4 Å². The maximum absolute atomic E-state index is 12.1. The van der Waals surface area contributed by atoms with Crippen molar-refractivity contribution in [3.05, 3.63) is 34.6 Å². The summed E-state index contributed by atoms with van der Waals surface area (Å²) in [6.07, 6.45) is -3.71. The molecule has 0 saturated carbocycles. The van der Waals surface area contributed by atoms with Gasteiger partial charge in [0.15, 0.2) is 0 Å². The highest BCUT2D eigenvalue weighted by atomic mass is 79.9. The number of aliphatic hydroxyl groups is 1. The van der Waals surface area contributed by atoms with E-state index in [9.17, 15) is 13.2 Å². The van der Waals surface area contributed by atoms with E-state index in [-0.39, 0.29) is 28.6 Å². The Kier molecular flexibility index (Phi) is 4.19. The van der Waals surface area contributed by atoms with Crippen LogP contribution in [0.3, 0.4) is 0 Å². The Morgan fingerprint density at radius 1 is 1.35 bits per heavy atom. The number of hydrogen-bond donors (Lipinski definition) is 1. The SMILES string of the molecule is OCc1coc(Oc2ccc(OC(F)(F)F)c(Br)c2)n1. The molecule has 2 rings (SSSR count). The molecule has 2 aromatic rings. The fourth-order valence-corrected chi connectivity index (χ4v) is 1.70. The molecule has 0 aliphatic heterocycles. The average Bonchev–Trinajstić information content (AvgIpc) is 2.79. The summed E-state index contributed by atoms with van der Waals surface area (Å²) < 4.78 is 50.2. The van der Waals surface area contributed by atoms with Gasteiger partial charge in [0, 0.05) is 0 Å². The molecule has 0 spiro atoms. The van der Waals surface area contributed by atoms with Gasteiger partial charge < -0.3 is 19.0 Å². The van der Waals surface area contributed by atoms with Gasteiger partial charge in [0.2, 0.25) is 0 Å². The summed E-state index contributed by atoms with van der Waals surface area (Å²) in [4.78, 5) is 3.77. The minimum Gasteiger partial charge on any atom is -0.417 e. The second kappa shape index (κ2) is 5.71. The number of hydrogen-bond acceptors (Lipinski definition) is 5. The Bertz CT molecular complexity index is 600. The van der Waals surface area contributed by atoms with Crippen LogP contribution in [0.25, 0.3) is 0 Å². The summed E-state index contributed by atoms with van der Waals surface area (Å²) in [7, 11) is 0. The van der Waals surface area contributed by atoms with Gasteiger partial charge in [0.1, 0.15) is 23.5 Å². The van der Waals surface area contributed by atoms with Crippen LogP contribution in [0.2, 0.25) is 0 Å². The monoisotopic (exact) mass is 353 g/mol. The minimum atomic E-state index is -4.77. The lowest BCUT2D eigenvalue weighted by Gasteiger charge is -2.11. The normalized spacial score (nSPS) is 11.4. The zero-order valence-corrected chi connectivity index (χ0v) is 11.2.